The maximum atomic E-state index is 12.5. The maximum Gasteiger partial charge on any atom is 0.172 e. The van der Waals surface area contributed by atoms with E-state index in [0.717, 1.165) is 17.8 Å². The molecule has 0 unspecified atom stereocenters. The maximum absolute atomic E-state index is 12.5. The van der Waals surface area contributed by atoms with Gasteiger partial charge in [-0.25, -0.2) is 0 Å². The molecule has 0 bridgehead atoms. The Kier molecular flexibility index (Phi) is 4.62. The molecule has 2 aromatic rings. The van der Waals surface area contributed by atoms with E-state index in [1.165, 1.54) is 0 Å². The number of carbonyl (C=O) groups is 1. The second-order valence-electron chi connectivity index (χ2n) is 4.77. The molecule has 1 aromatic heterocycles. The molecule has 2 rings (SSSR count). The number of aromatic nitrogens is 2. The van der Waals surface area contributed by atoms with Crippen molar-refractivity contribution in [3.63, 3.8) is 0 Å². The zero-order valence-corrected chi connectivity index (χ0v) is 12.8. The van der Waals surface area contributed by atoms with E-state index >= 15 is 0 Å². The molecular weight excluding hydrogens is 268 g/mol. The average molecular weight is 288 g/mol. The number of hydrogen-bond acceptors (Lipinski definition) is 4. The number of ether oxygens (including phenoxy) is 2. The number of methoxy groups -OCH3 is 2. The van der Waals surface area contributed by atoms with Crippen molar-refractivity contribution in [3.8, 4) is 11.5 Å². The van der Waals surface area contributed by atoms with Crippen LogP contribution >= 0.6 is 0 Å². The molecule has 5 heteroatoms. The van der Waals surface area contributed by atoms with Gasteiger partial charge in [-0.05, 0) is 24.6 Å². The van der Waals surface area contributed by atoms with Crippen molar-refractivity contribution in [2.45, 2.75) is 19.8 Å². The minimum Gasteiger partial charge on any atom is -0.497 e. The van der Waals surface area contributed by atoms with Crippen LogP contribution in [0.4, 0.5) is 0 Å². The summed E-state index contributed by atoms with van der Waals surface area (Å²) in [7, 11) is 4.98. The molecule has 21 heavy (non-hydrogen) atoms. The molecule has 0 saturated heterocycles. The van der Waals surface area contributed by atoms with Gasteiger partial charge in [0.2, 0.25) is 0 Å². The first-order chi connectivity index (χ1) is 10.1. The van der Waals surface area contributed by atoms with Crippen LogP contribution in [0.3, 0.4) is 0 Å². The van der Waals surface area contributed by atoms with Crippen molar-refractivity contribution in [2.75, 3.05) is 14.2 Å². The van der Waals surface area contributed by atoms with Crippen LogP contribution in [0.1, 0.15) is 28.7 Å². The van der Waals surface area contributed by atoms with E-state index in [9.17, 15) is 4.79 Å². The Labute approximate surface area is 124 Å². The number of aryl methyl sites for hydroxylation is 2. The van der Waals surface area contributed by atoms with Gasteiger partial charge in [0.25, 0.3) is 0 Å². The SMILES string of the molecule is CCc1cc(CC(=O)c2ccc(OC)cc2OC)n(C)n1. The summed E-state index contributed by atoms with van der Waals surface area (Å²) < 4.78 is 12.2. The molecule has 1 aromatic carbocycles. The molecule has 0 spiro atoms. The van der Waals surface area contributed by atoms with E-state index < -0.39 is 0 Å². The fraction of sp³-hybridized carbons (Fsp3) is 0.375. The number of Topliss-reactive ketones (excluding diaryl/α,β-unsaturated/α-hetero) is 1. The molecular formula is C16H20N2O3. The van der Waals surface area contributed by atoms with Crippen molar-refractivity contribution < 1.29 is 14.3 Å². The average Bonchev–Trinajstić information content (AvgIpc) is 2.86. The van der Waals surface area contributed by atoms with Gasteiger partial charge in [-0.3, -0.25) is 9.48 Å². The van der Waals surface area contributed by atoms with Crippen LogP contribution in [0.2, 0.25) is 0 Å². The fourth-order valence-corrected chi connectivity index (χ4v) is 2.20. The summed E-state index contributed by atoms with van der Waals surface area (Å²) in [5.74, 6) is 1.19. The number of nitrogens with zero attached hydrogens (tertiary/aromatic N) is 2. The zero-order chi connectivity index (χ0) is 15.4. The molecule has 0 radical (unpaired) electrons. The number of benzene rings is 1. The second kappa shape index (κ2) is 6.43. The molecule has 0 aliphatic heterocycles. The van der Waals surface area contributed by atoms with Gasteiger partial charge in [0.1, 0.15) is 11.5 Å². The highest BCUT2D eigenvalue weighted by Crippen LogP contribution is 2.25. The third-order valence-electron chi connectivity index (χ3n) is 3.44. The van der Waals surface area contributed by atoms with E-state index in [0.29, 0.717) is 23.5 Å². The Morgan fingerprint density at radius 2 is 2.00 bits per heavy atom. The predicted octanol–water partition coefficient (Wildman–Crippen LogP) is 2.43. The molecule has 1 heterocycles. The van der Waals surface area contributed by atoms with Gasteiger partial charge in [0.15, 0.2) is 5.78 Å². The molecule has 0 fully saturated rings. The van der Waals surface area contributed by atoms with Gasteiger partial charge in [0.05, 0.1) is 31.9 Å². The van der Waals surface area contributed by atoms with Crippen LogP contribution < -0.4 is 9.47 Å². The number of rotatable bonds is 6. The quantitative estimate of drug-likeness (QED) is 0.766. The molecule has 0 N–H and O–H groups in total. The molecule has 0 amide bonds. The van der Waals surface area contributed by atoms with E-state index in [2.05, 4.69) is 5.10 Å². The van der Waals surface area contributed by atoms with E-state index in [4.69, 9.17) is 9.47 Å². The Hall–Kier alpha value is -2.30. The van der Waals surface area contributed by atoms with E-state index in [1.807, 2.05) is 20.0 Å². The minimum absolute atomic E-state index is 0.000145. The summed E-state index contributed by atoms with van der Waals surface area (Å²) in [5, 5.41) is 4.36. The summed E-state index contributed by atoms with van der Waals surface area (Å²) in [5.41, 5.74) is 2.44. The lowest BCUT2D eigenvalue weighted by atomic mass is 10.0. The van der Waals surface area contributed by atoms with Gasteiger partial charge in [-0.1, -0.05) is 6.92 Å². The zero-order valence-electron chi connectivity index (χ0n) is 12.8. The summed E-state index contributed by atoms with van der Waals surface area (Å²) in [6, 6.07) is 7.18. The standard InChI is InChI=1S/C16H20N2O3/c1-5-11-8-12(18(2)17-11)9-15(19)14-7-6-13(20-3)10-16(14)21-4/h6-8,10H,5,9H2,1-4H3. The van der Waals surface area contributed by atoms with E-state index in [1.54, 1.807) is 37.1 Å². The molecule has 0 aliphatic rings. The van der Waals surface area contributed by atoms with Gasteiger partial charge < -0.3 is 9.47 Å². The van der Waals surface area contributed by atoms with Gasteiger partial charge in [-0.15, -0.1) is 0 Å². The highest BCUT2D eigenvalue weighted by atomic mass is 16.5. The van der Waals surface area contributed by atoms with Crippen LogP contribution in [-0.2, 0) is 19.9 Å². The van der Waals surface area contributed by atoms with Gasteiger partial charge in [0, 0.05) is 18.8 Å². The monoisotopic (exact) mass is 288 g/mol. The van der Waals surface area contributed by atoms with Crippen molar-refractivity contribution >= 4 is 5.78 Å². The largest absolute Gasteiger partial charge is 0.497 e. The summed E-state index contributed by atoms with van der Waals surface area (Å²) >= 11 is 0. The van der Waals surface area contributed by atoms with Crippen molar-refractivity contribution in [1.82, 2.24) is 9.78 Å². The Bertz CT molecular complexity index is 647. The number of carbonyl (C=O) groups excluding carboxylic acids is 1. The fourth-order valence-electron chi connectivity index (χ4n) is 2.20. The topological polar surface area (TPSA) is 53.4 Å². The van der Waals surface area contributed by atoms with Crippen LogP contribution in [0.15, 0.2) is 24.3 Å². The second-order valence-corrected chi connectivity index (χ2v) is 4.77. The molecule has 5 nitrogen and oxygen atoms in total. The highest BCUT2D eigenvalue weighted by Gasteiger charge is 2.16. The molecule has 112 valence electrons. The Morgan fingerprint density at radius 1 is 1.24 bits per heavy atom. The smallest absolute Gasteiger partial charge is 0.172 e. The number of ketones is 1. The summed E-state index contributed by atoms with van der Waals surface area (Å²) in [6.45, 7) is 2.04. The summed E-state index contributed by atoms with van der Waals surface area (Å²) in [6.07, 6.45) is 1.15. The minimum atomic E-state index is 0.000145. The predicted molar refractivity (Wildman–Crippen MR) is 80.2 cm³/mol. The summed E-state index contributed by atoms with van der Waals surface area (Å²) in [4.78, 5) is 12.5. The molecule has 0 saturated carbocycles. The molecule has 0 aliphatic carbocycles. The number of hydrogen-bond donors (Lipinski definition) is 0. The third kappa shape index (κ3) is 3.24. The Balaban J connectivity index is 2.25. The first-order valence-electron chi connectivity index (χ1n) is 6.86. The van der Waals surface area contributed by atoms with Crippen molar-refractivity contribution in [1.29, 1.82) is 0 Å². The lowest BCUT2D eigenvalue weighted by molar-refractivity contribution is 0.0988. The van der Waals surface area contributed by atoms with Crippen molar-refractivity contribution in [3.05, 3.63) is 41.2 Å². The van der Waals surface area contributed by atoms with E-state index in [-0.39, 0.29) is 5.78 Å². The first kappa shape index (κ1) is 15.1. The van der Waals surface area contributed by atoms with Crippen molar-refractivity contribution in [2.24, 2.45) is 7.05 Å². The lowest BCUT2D eigenvalue weighted by Gasteiger charge is -2.09. The highest BCUT2D eigenvalue weighted by molar-refractivity contribution is 6.00. The van der Waals surface area contributed by atoms with Crippen LogP contribution in [-0.4, -0.2) is 29.8 Å². The lowest BCUT2D eigenvalue weighted by Crippen LogP contribution is -2.09. The third-order valence-corrected chi connectivity index (χ3v) is 3.44. The first-order valence-corrected chi connectivity index (χ1v) is 6.86. The van der Waals surface area contributed by atoms with Crippen LogP contribution in [0.25, 0.3) is 0 Å². The normalized spacial score (nSPS) is 10.5. The molecule has 0 atom stereocenters. The van der Waals surface area contributed by atoms with Crippen LogP contribution in [0, 0.1) is 0 Å². The van der Waals surface area contributed by atoms with Gasteiger partial charge in [-0.2, -0.15) is 5.10 Å². The van der Waals surface area contributed by atoms with Gasteiger partial charge >= 0.3 is 0 Å². The Morgan fingerprint density at radius 3 is 2.57 bits per heavy atom. The van der Waals surface area contributed by atoms with Crippen LogP contribution in [0.5, 0.6) is 11.5 Å².